The number of phenols is 1. The monoisotopic (exact) mass is 584 g/mol. The van der Waals surface area contributed by atoms with Crippen molar-refractivity contribution in [3.8, 4) is 22.6 Å². The second-order valence-electron chi connectivity index (χ2n) is 10.5. The van der Waals surface area contributed by atoms with Crippen LogP contribution in [0.5, 0.6) is 11.5 Å². The molecule has 0 spiro atoms. The minimum absolute atomic E-state index is 0.0654. The molecule has 0 radical (unpaired) electrons. The van der Waals surface area contributed by atoms with E-state index in [4.69, 9.17) is 14.6 Å². The molecule has 0 amide bonds. The van der Waals surface area contributed by atoms with Crippen molar-refractivity contribution in [1.29, 1.82) is 0 Å². The molecule has 1 atom stereocenters. The third kappa shape index (κ3) is 9.17. The van der Waals surface area contributed by atoms with Crippen molar-refractivity contribution in [2.75, 3.05) is 14.2 Å². The van der Waals surface area contributed by atoms with Crippen molar-refractivity contribution in [3.63, 3.8) is 0 Å². The van der Waals surface area contributed by atoms with E-state index in [-0.39, 0.29) is 23.6 Å². The Hall–Kier alpha value is -4.65. The molecule has 0 unspecified atom stereocenters. The number of carbonyl (C=O) groups is 2. The number of aromatic hydroxyl groups is 1. The van der Waals surface area contributed by atoms with Crippen LogP contribution >= 0.6 is 0 Å². The topological polar surface area (TPSA) is 82.1 Å². The van der Waals surface area contributed by atoms with Crippen LogP contribution in [0.25, 0.3) is 11.1 Å². The summed E-state index contributed by atoms with van der Waals surface area (Å²) in [6.07, 6.45) is 7.29. The Morgan fingerprint density at radius 2 is 1.21 bits per heavy atom. The average molecular weight is 585 g/mol. The minimum Gasteiger partial charge on any atom is -0.508 e. The lowest BCUT2D eigenvalue weighted by Crippen LogP contribution is -2.16. The SMILES string of the molecule is COC(=O)c1ccc(O)cc1.COC(=O)c1ccc(O[C@@H](CC2CCCCC2)c2ccc(-c3ccc(F)cc3)cc2)cc1. The lowest BCUT2D eigenvalue weighted by Gasteiger charge is -2.27. The van der Waals surface area contributed by atoms with Crippen LogP contribution < -0.4 is 4.74 Å². The quantitative estimate of drug-likeness (QED) is 0.209. The highest BCUT2D eigenvalue weighted by molar-refractivity contribution is 5.89. The zero-order valence-electron chi connectivity index (χ0n) is 24.5. The molecular formula is C36H37FO6. The van der Waals surface area contributed by atoms with E-state index < -0.39 is 5.97 Å². The Bertz CT molecular complexity index is 1440. The molecule has 1 fully saturated rings. The smallest absolute Gasteiger partial charge is 0.337 e. The maximum absolute atomic E-state index is 13.2. The van der Waals surface area contributed by atoms with E-state index in [9.17, 15) is 14.0 Å². The highest BCUT2D eigenvalue weighted by Gasteiger charge is 2.22. The fourth-order valence-corrected chi connectivity index (χ4v) is 5.18. The minimum atomic E-state index is -0.398. The number of hydrogen-bond donors (Lipinski definition) is 1. The van der Waals surface area contributed by atoms with Crippen LogP contribution in [0.2, 0.25) is 0 Å². The van der Waals surface area contributed by atoms with E-state index >= 15 is 0 Å². The summed E-state index contributed by atoms with van der Waals surface area (Å²) in [5.41, 5.74) is 4.10. The molecule has 224 valence electrons. The summed E-state index contributed by atoms with van der Waals surface area (Å²) >= 11 is 0. The van der Waals surface area contributed by atoms with Crippen molar-refractivity contribution in [1.82, 2.24) is 0 Å². The lowest BCUT2D eigenvalue weighted by atomic mass is 9.84. The molecule has 6 nitrogen and oxygen atoms in total. The fraction of sp³-hybridized carbons (Fsp3) is 0.278. The predicted molar refractivity (Wildman–Crippen MR) is 164 cm³/mol. The van der Waals surface area contributed by atoms with Gasteiger partial charge in [-0.15, -0.1) is 0 Å². The Kier molecular flexibility index (Phi) is 11.3. The maximum Gasteiger partial charge on any atom is 0.337 e. The first kappa shape index (κ1) is 31.3. The molecule has 1 aliphatic rings. The van der Waals surface area contributed by atoms with E-state index in [1.165, 1.54) is 82.7 Å². The van der Waals surface area contributed by atoms with Gasteiger partial charge < -0.3 is 19.3 Å². The van der Waals surface area contributed by atoms with Crippen molar-refractivity contribution in [3.05, 3.63) is 120 Å². The molecule has 5 rings (SSSR count). The summed E-state index contributed by atoms with van der Waals surface area (Å²) in [5, 5.41) is 8.86. The molecule has 0 saturated heterocycles. The summed E-state index contributed by atoms with van der Waals surface area (Å²) in [6, 6.07) is 27.9. The predicted octanol–water partition coefficient (Wildman–Crippen LogP) is 8.55. The van der Waals surface area contributed by atoms with Crippen LogP contribution in [0.15, 0.2) is 97.1 Å². The number of halogens is 1. The summed E-state index contributed by atoms with van der Waals surface area (Å²) in [5.74, 6) is 0.541. The lowest BCUT2D eigenvalue weighted by molar-refractivity contribution is 0.0591. The summed E-state index contributed by atoms with van der Waals surface area (Å²) in [7, 11) is 2.69. The number of phenolic OH excluding ortho intramolecular Hbond substituents is 1. The molecule has 1 saturated carbocycles. The van der Waals surface area contributed by atoms with Crippen LogP contribution in [0, 0.1) is 11.7 Å². The first-order valence-corrected chi connectivity index (χ1v) is 14.4. The fourth-order valence-electron chi connectivity index (χ4n) is 5.18. The molecule has 0 bridgehead atoms. The van der Waals surface area contributed by atoms with Gasteiger partial charge in [-0.05, 0) is 89.7 Å². The molecular weight excluding hydrogens is 547 g/mol. The van der Waals surface area contributed by atoms with Crippen molar-refractivity contribution >= 4 is 11.9 Å². The normalized spacial score (nSPS) is 13.7. The largest absolute Gasteiger partial charge is 0.508 e. The van der Waals surface area contributed by atoms with Crippen molar-refractivity contribution in [2.45, 2.75) is 44.6 Å². The van der Waals surface area contributed by atoms with Gasteiger partial charge in [0.05, 0.1) is 25.3 Å². The van der Waals surface area contributed by atoms with Crippen LogP contribution in [0.1, 0.15) is 70.9 Å². The van der Waals surface area contributed by atoms with E-state index in [0.717, 1.165) is 28.9 Å². The van der Waals surface area contributed by atoms with Crippen LogP contribution in [-0.4, -0.2) is 31.3 Å². The van der Waals surface area contributed by atoms with Gasteiger partial charge in [-0.3, -0.25) is 0 Å². The Balaban J connectivity index is 0.000000324. The van der Waals surface area contributed by atoms with Gasteiger partial charge in [-0.1, -0.05) is 68.5 Å². The summed E-state index contributed by atoms with van der Waals surface area (Å²) in [4.78, 5) is 22.5. The highest BCUT2D eigenvalue weighted by Crippen LogP contribution is 2.35. The Morgan fingerprint density at radius 3 is 1.72 bits per heavy atom. The van der Waals surface area contributed by atoms with Gasteiger partial charge in [0.2, 0.25) is 0 Å². The number of methoxy groups -OCH3 is 2. The molecule has 43 heavy (non-hydrogen) atoms. The Morgan fingerprint density at radius 1 is 0.721 bits per heavy atom. The van der Waals surface area contributed by atoms with E-state index in [1.807, 2.05) is 12.1 Å². The first-order chi connectivity index (χ1) is 20.9. The molecule has 1 N–H and O–H groups in total. The van der Waals surface area contributed by atoms with Crippen molar-refractivity contribution < 1.29 is 33.3 Å². The number of rotatable bonds is 8. The van der Waals surface area contributed by atoms with Gasteiger partial charge in [-0.2, -0.15) is 0 Å². The number of benzene rings is 4. The van der Waals surface area contributed by atoms with Gasteiger partial charge >= 0.3 is 11.9 Å². The van der Waals surface area contributed by atoms with Crippen molar-refractivity contribution in [2.24, 2.45) is 5.92 Å². The Labute approximate surface area is 252 Å². The van der Waals surface area contributed by atoms with Gasteiger partial charge in [-0.25, -0.2) is 14.0 Å². The summed E-state index contributed by atoms with van der Waals surface area (Å²) in [6.45, 7) is 0. The van der Waals surface area contributed by atoms with E-state index in [0.29, 0.717) is 17.0 Å². The molecule has 1 aliphatic carbocycles. The second-order valence-corrected chi connectivity index (χ2v) is 10.5. The highest BCUT2D eigenvalue weighted by atomic mass is 19.1. The standard InChI is InChI=1S/C28H29FO3.C8H8O3/c1-31-28(30)24-13-17-26(18-14-24)32-27(19-20-5-3-2-4-6-20)23-9-7-21(8-10-23)22-11-15-25(29)16-12-22;1-11-8(10)6-2-4-7(9)5-3-6/h7-18,20,27H,2-6,19H2,1H3;2-5,9H,1H3/t27-;/m0./s1. The molecule has 0 aromatic heterocycles. The van der Waals surface area contributed by atoms with Crippen LogP contribution in [0.4, 0.5) is 4.39 Å². The zero-order chi connectivity index (χ0) is 30.6. The molecule has 4 aromatic rings. The zero-order valence-corrected chi connectivity index (χ0v) is 24.5. The third-order valence-corrected chi connectivity index (χ3v) is 7.57. The number of hydrogen-bond acceptors (Lipinski definition) is 6. The number of esters is 2. The molecule has 0 heterocycles. The van der Waals surface area contributed by atoms with Gasteiger partial charge in [0.1, 0.15) is 23.4 Å². The molecule has 7 heteroatoms. The molecule has 4 aromatic carbocycles. The maximum atomic E-state index is 13.2. The average Bonchev–Trinajstić information content (AvgIpc) is 3.05. The molecule has 0 aliphatic heterocycles. The van der Waals surface area contributed by atoms with Crippen LogP contribution in [-0.2, 0) is 9.47 Å². The van der Waals surface area contributed by atoms with E-state index in [1.54, 1.807) is 24.3 Å². The van der Waals surface area contributed by atoms with Gasteiger partial charge in [0.15, 0.2) is 0 Å². The van der Waals surface area contributed by atoms with Crippen LogP contribution in [0.3, 0.4) is 0 Å². The van der Waals surface area contributed by atoms with E-state index in [2.05, 4.69) is 29.0 Å². The number of carbonyl (C=O) groups excluding carboxylic acids is 2. The number of ether oxygens (including phenoxy) is 3. The first-order valence-electron chi connectivity index (χ1n) is 14.4. The van der Waals surface area contributed by atoms with Gasteiger partial charge in [0.25, 0.3) is 0 Å². The second kappa shape index (κ2) is 15.5. The summed E-state index contributed by atoms with van der Waals surface area (Å²) < 4.78 is 28.9. The van der Waals surface area contributed by atoms with Gasteiger partial charge in [0, 0.05) is 0 Å². The third-order valence-electron chi connectivity index (χ3n) is 7.57.